The van der Waals surface area contributed by atoms with E-state index in [1.807, 2.05) is 19.9 Å². The van der Waals surface area contributed by atoms with Gasteiger partial charge in [-0.2, -0.15) is 0 Å². The lowest BCUT2D eigenvalue weighted by Gasteiger charge is -2.43. The number of nitrogens with zero attached hydrogens (tertiary/aromatic N) is 1. The van der Waals surface area contributed by atoms with Crippen molar-refractivity contribution in [2.45, 2.75) is 39.0 Å². The van der Waals surface area contributed by atoms with Gasteiger partial charge in [-0.25, -0.2) is 4.39 Å². The van der Waals surface area contributed by atoms with Crippen LogP contribution in [0.15, 0.2) is 53.7 Å². The van der Waals surface area contributed by atoms with Crippen LogP contribution in [0, 0.1) is 11.2 Å². The van der Waals surface area contributed by atoms with Gasteiger partial charge >= 0.3 is 0 Å². The molecule has 0 N–H and O–H groups in total. The van der Waals surface area contributed by atoms with Crippen LogP contribution in [0.25, 0.3) is 0 Å². The average Bonchev–Trinajstić information content (AvgIpc) is 2.72. The summed E-state index contributed by atoms with van der Waals surface area (Å²) in [5.74, 6) is 0.342. The fourth-order valence-corrected chi connectivity index (χ4v) is 4.68. The van der Waals surface area contributed by atoms with Crippen LogP contribution in [-0.4, -0.2) is 25.9 Å². The van der Waals surface area contributed by atoms with Gasteiger partial charge in [0.1, 0.15) is 17.3 Å². The predicted octanol–water partition coefficient (Wildman–Crippen LogP) is 5.01. The molecule has 0 saturated carbocycles. The summed E-state index contributed by atoms with van der Waals surface area (Å²) in [6.45, 7) is 4.05. The first kappa shape index (κ1) is 21.1. The van der Waals surface area contributed by atoms with Gasteiger partial charge in [-0.1, -0.05) is 13.8 Å². The standard InChI is InChI=1S/C25H26FNO4/c1-25(2)13-20-24(21(28)14-25)19(18-11-17(30-3)9-10-22(18)31-4)12-23(29)27(20)16-7-5-15(26)6-8-16/h5-11,19H,12-14H2,1-4H3/t19-/m1/s1. The molecule has 1 aliphatic carbocycles. The van der Waals surface area contributed by atoms with Crippen molar-refractivity contribution in [1.82, 2.24) is 0 Å². The molecule has 0 saturated heterocycles. The Hall–Kier alpha value is -3.15. The Bertz CT molecular complexity index is 1070. The van der Waals surface area contributed by atoms with Crippen molar-refractivity contribution in [3.05, 3.63) is 65.1 Å². The van der Waals surface area contributed by atoms with Gasteiger partial charge in [-0.3, -0.25) is 14.5 Å². The quantitative estimate of drug-likeness (QED) is 0.694. The maximum Gasteiger partial charge on any atom is 0.232 e. The number of carbonyl (C=O) groups is 2. The number of rotatable bonds is 4. The monoisotopic (exact) mass is 423 g/mol. The summed E-state index contributed by atoms with van der Waals surface area (Å²) in [6, 6.07) is 11.2. The molecular weight excluding hydrogens is 397 g/mol. The predicted molar refractivity (Wildman–Crippen MR) is 116 cm³/mol. The van der Waals surface area contributed by atoms with Crippen LogP contribution < -0.4 is 14.4 Å². The van der Waals surface area contributed by atoms with E-state index in [9.17, 15) is 14.0 Å². The molecule has 2 aliphatic rings. The van der Waals surface area contributed by atoms with Crippen molar-refractivity contribution in [2.75, 3.05) is 19.1 Å². The lowest BCUT2D eigenvalue weighted by Crippen LogP contribution is -2.43. The molecule has 1 aliphatic heterocycles. The van der Waals surface area contributed by atoms with Crippen LogP contribution in [0.4, 0.5) is 10.1 Å². The molecule has 0 aromatic heterocycles. The van der Waals surface area contributed by atoms with Crippen molar-refractivity contribution in [2.24, 2.45) is 5.41 Å². The largest absolute Gasteiger partial charge is 0.497 e. The lowest BCUT2D eigenvalue weighted by molar-refractivity contribution is -0.121. The number of carbonyl (C=O) groups excluding carboxylic acids is 2. The minimum Gasteiger partial charge on any atom is -0.497 e. The number of ether oxygens (including phenoxy) is 2. The topological polar surface area (TPSA) is 55.8 Å². The smallest absolute Gasteiger partial charge is 0.232 e. The van der Waals surface area contributed by atoms with Crippen molar-refractivity contribution in [3.8, 4) is 11.5 Å². The Kier molecular flexibility index (Phi) is 5.33. The Morgan fingerprint density at radius 2 is 1.71 bits per heavy atom. The highest BCUT2D eigenvalue weighted by Gasteiger charge is 2.45. The molecule has 0 radical (unpaired) electrons. The van der Waals surface area contributed by atoms with Crippen molar-refractivity contribution in [1.29, 1.82) is 0 Å². The van der Waals surface area contributed by atoms with Crippen LogP contribution in [0.5, 0.6) is 11.5 Å². The van der Waals surface area contributed by atoms with Gasteiger partial charge in [-0.05, 0) is 54.3 Å². The molecule has 31 heavy (non-hydrogen) atoms. The van der Waals surface area contributed by atoms with Crippen molar-refractivity contribution in [3.63, 3.8) is 0 Å². The molecule has 0 bridgehead atoms. The third kappa shape index (κ3) is 3.82. The first-order chi connectivity index (χ1) is 14.7. The molecular formula is C25H26FNO4. The number of anilines is 1. The highest BCUT2D eigenvalue weighted by Crippen LogP contribution is 2.49. The van der Waals surface area contributed by atoms with Crippen LogP contribution in [0.3, 0.4) is 0 Å². The van der Waals surface area contributed by atoms with Gasteiger partial charge in [0.15, 0.2) is 5.78 Å². The Morgan fingerprint density at radius 3 is 2.35 bits per heavy atom. The SMILES string of the molecule is COc1ccc(OC)c([C@H]2CC(=O)N(c3ccc(F)cc3)C3=C2C(=O)CC(C)(C)C3)c1. The highest BCUT2D eigenvalue weighted by molar-refractivity contribution is 6.08. The highest BCUT2D eigenvalue weighted by atomic mass is 19.1. The molecule has 1 heterocycles. The van der Waals surface area contributed by atoms with Crippen LogP contribution in [0.1, 0.15) is 44.6 Å². The zero-order chi connectivity index (χ0) is 22.3. The minimum absolute atomic E-state index is 0.0285. The molecule has 162 valence electrons. The molecule has 1 amide bonds. The van der Waals surface area contributed by atoms with Gasteiger partial charge in [-0.15, -0.1) is 0 Å². The van der Waals surface area contributed by atoms with Gasteiger partial charge in [0.05, 0.1) is 14.2 Å². The average molecular weight is 423 g/mol. The zero-order valence-corrected chi connectivity index (χ0v) is 18.2. The number of methoxy groups -OCH3 is 2. The summed E-state index contributed by atoms with van der Waals surface area (Å²) < 4.78 is 24.5. The van der Waals surface area contributed by atoms with Crippen LogP contribution >= 0.6 is 0 Å². The number of amides is 1. The number of benzene rings is 2. The summed E-state index contributed by atoms with van der Waals surface area (Å²) in [5, 5.41) is 0. The molecule has 4 rings (SSSR count). The Morgan fingerprint density at radius 1 is 1.00 bits per heavy atom. The van der Waals surface area contributed by atoms with Crippen molar-refractivity contribution >= 4 is 17.4 Å². The normalized spacial score (nSPS) is 20.5. The number of halogens is 1. The van der Waals surface area contributed by atoms with E-state index in [0.29, 0.717) is 41.3 Å². The minimum atomic E-state index is -0.423. The third-order valence-electron chi connectivity index (χ3n) is 6.04. The summed E-state index contributed by atoms with van der Waals surface area (Å²) in [5.41, 5.74) is 2.37. The molecule has 1 atom stereocenters. The molecule has 0 unspecified atom stereocenters. The summed E-state index contributed by atoms with van der Waals surface area (Å²) >= 11 is 0. The maximum atomic E-state index is 13.5. The molecule has 0 fully saturated rings. The van der Waals surface area contributed by atoms with E-state index in [0.717, 1.165) is 5.56 Å². The Labute approximate surface area is 181 Å². The first-order valence-corrected chi connectivity index (χ1v) is 10.3. The molecule has 6 heteroatoms. The summed E-state index contributed by atoms with van der Waals surface area (Å²) in [4.78, 5) is 28.4. The number of ketones is 1. The van der Waals surface area contributed by atoms with E-state index in [4.69, 9.17) is 9.47 Å². The fraction of sp³-hybridized carbons (Fsp3) is 0.360. The van der Waals surface area contributed by atoms with E-state index in [-0.39, 0.29) is 29.3 Å². The van der Waals surface area contributed by atoms with Gasteiger partial charge in [0, 0.05) is 41.3 Å². The second-order valence-corrected chi connectivity index (χ2v) is 8.87. The lowest BCUT2D eigenvalue weighted by atomic mass is 9.69. The van der Waals surface area contributed by atoms with Crippen LogP contribution in [-0.2, 0) is 9.59 Å². The summed E-state index contributed by atoms with van der Waals surface area (Å²) in [6.07, 6.45) is 1.09. The Balaban J connectivity index is 1.92. The second-order valence-electron chi connectivity index (χ2n) is 8.87. The number of hydrogen-bond donors (Lipinski definition) is 0. The van der Waals surface area contributed by atoms with Gasteiger partial charge < -0.3 is 9.47 Å². The van der Waals surface area contributed by atoms with Crippen molar-refractivity contribution < 1.29 is 23.5 Å². The molecule has 5 nitrogen and oxygen atoms in total. The number of allylic oxidation sites excluding steroid dienone is 2. The second kappa shape index (κ2) is 7.84. The molecule has 0 spiro atoms. The first-order valence-electron chi connectivity index (χ1n) is 10.3. The van der Waals surface area contributed by atoms with E-state index in [1.54, 1.807) is 43.4 Å². The van der Waals surface area contributed by atoms with Gasteiger partial charge in [0.2, 0.25) is 5.91 Å². The van der Waals surface area contributed by atoms with E-state index < -0.39 is 5.92 Å². The number of hydrogen-bond acceptors (Lipinski definition) is 4. The maximum absolute atomic E-state index is 13.5. The fourth-order valence-electron chi connectivity index (χ4n) is 4.68. The van der Waals surface area contributed by atoms with Gasteiger partial charge in [0.25, 0.3) is 0 Å². The van der Waals surface area contributed by atoms with Crippen LogP contribution in [0.2, 0.25) is 0 Å². The third-order valence-corrected chi connectivity index (χ3v) is 6.04. The van der Waals surface area contributed by atoms with E-state index >= 15 is 0 Å². The zero-order valence-electron chi connectivity index (χ0n) is 18.2. The molecule has 2 aromatic carbocycles. The van der Waals surface area contributed by atoms with E-state index in [1.165, 1.54) is 12.1 Å². The van der Waals surface area contributed by atoms with E-state index in [2.05, 4.69) is 0 Å². The number of Topliss-reactive ketones (excluding diaryl/α,β-unsaturated/α-hetero) is 1. The molecule has 2 aromatic rings. The summed E-state index contributed by atoms with van der Waals surface area (Å²) in [7, 11) is 3.15.